The standard InChI is InChI=1S/C15H15BrO2/c16-13(7-6-12-4-2-1-3-5-12)8-9-14-10-11-15(17)18-14/h1-5,9,14H,6-7,10-11H2/t8?,14-/m1/s1. The number of hydrogen-bond acceptors (Lipinski definition) is 2. The molecule has 94 valence electrons. The van der Waals surface area contributed by atoms with Crippen molar-refractivity contribution in [3.05, 3.63) is 52.2 Å². The van der Waals surface area contributed by atoms with Crippen LogP contribution in [0.2, 0.25) is 0 Å². The van der Waals surface area contributed by atoms with E-state index >= 15 is 0 Å². The highest BCUT2D eigenvalue weighted by Crippen LogP contribution is 2.17. The van der Waals surface area contributed by atoms with Gasteiger partial charge in [-0.25, -0.2) is 0 Å². The quantitative estimate of drug-likeness (QED) is 0.625. The Balaban J connectivity index is 1.85. The number of halogens is 1. The zero-order valence-corrected chi connectivity index (χ0v) is 11.7. The van der Waals surface area contributed by atoms with E-state index in [1.54, 1.807) is 0 Å². The molecule has 1 fully saturated rings. The van der Waals surface area contributed by atoms with E-state index in [9.17, 15) is 4.79 Å². The first-order valence-corrected chi connectivity index (χ1v) is 6.88. The Morgan fingerprint density at radius 1 is 1.44 bits per heavy atom. The van der Waals surface area contributed by atoms with Gasteiger partial charge in [0.2, 0.25) is 0 Å². The van der Waals surface area contributed by atoms with Crippen molar-refractivity contribution in [1.29, 1.82) is 0 Å². The van der Waals surface area contributed by atoms with Crippen molar-refractivity contribution >= 4 is 21.9 Å². The molecule has 1 saturated heterocycles. The average molecular weight is 307 g/mol. The monoisotopic (exact) mass is 306 g/mol. The molecule has 1 aliphatic rings. The van der Waals surface area contributed by atoms with E-state index in [4.69, 9.17) is 4.74 Å². The summed E-state index contributed by atoms with van der Waals surface area (Å²) in [5.74, 6) is -0.113. The fourth-order valence-corrected chi connectivity index (χ4v) is 2.15. The minimum absolute atomic E-state index is 0.0956. The van der Waals surface area contributed by atoms with Gasteiger partial charge in [0.1, 0.15) is 6.10 Å². The molecule has 2 rings (SSSR count). The first kappa shape index (κ1) is 13.1. The van der Waals surface area contributed by atoms with E-state index in [2.05, 4.69) is 33.8 Å². The van der Waals surface area contributed by atoms with Crippen molar-refractivity contribution in [3.63, 3.8) is 0 Å². The minimum Gasteiger partial charge on any atom is -0.457 e. The Morgan fingerprint density at radius 2 is 2.22 bits per heavy atom. The smallest absolute Gasteiger partial charge is 0.306 e. The number of esters is 1. The molecular weight excluding hydrogens is 292 g/mol. The SMILES string of the molecule is O=C1CC[C@@H](C=C=C(Br)CCc2ccccc2)O1. The average Bonchev–Trinajstić information content (AvgIpc) is 2.81. The summed E-state index contributed by atoms with van der Waals surface area (Å²) in [5.41, 5.74) is 4.46. The highest BCUT2D eigenvalue weighted by molar-refractivity contribution is 9.11. The van der Waals surface area contributed by atoms with Gasteiger partial charge in [-0.2, -0.15) is 0 Å². The van der Waals surface area contributed by atoms with Crippen molar-refractivity contribution in [2.24, 2.45) is 0 Å². The lowest BCUT2D eigenvalue weighted by Gasteiger charge is -2.00. The Kier molecular flexibility index (Phi) is 4.80. The van der Waals surface area contributed by atoms with Crippen molar-refractivity contribution in [3.8, 4) is 0 Å². The lowest BCUT2D eigenvalue weighted by molar-refractivity contribution is -0.139. The predicted molar refractivity (Wildman–Crippen MR) is 74.4 cm³/mol. The second-order valence-corrected chi connectivity index (χ2v) is 5.23. The molecule has 0 saturated carbocycles. The fourth-order valence-electron chi connectivity index (χ4n) is 1.82. The zero-order chi connectivity index (χ0) is 12.8. The molecule has 18 heavy (non-hydrogen) atoms. The van der Waals surface area contributed by atoms with Gasteiger partial charge >= 0.3 is 5.97 Å². The van der Waals surface area contributed by atoms with E-state index in [0.717, 1.165) is 23.7 Å². The Hall–Kier alpha value is -1.31. The van der Waals surface area contributed by atoms with Crippen LogP contribution in [0.25, 0.3) is 0 Å². The molecule has 0 N–H and O–H groups in total. The van der Waals surface area contributed by atoms with Gasteiger partial charge in [0.05, 0.1) is 0 Å². The molecule has 0 aliphatic carbocycles. The maximum Gasteiger partial charge on any atom is 0.306 e. The number of benzene rings is 1. The number of cyclic esters (lactones) is 1. The maximum atomic E-state index is 10.9. The maximum absolute atomic E-state index is 10.9. The molecule has 1 aromatic carbocycles. The zero-order valence-electron chi connectivity index (χ0n) is 10.1. The second-order valence-electron chi connectivity index (χ2n) is 4.27. The topological polar surface area (TPSA) is 26.3 Å². The van der Waals surface area contributed by atoms with Crippen LogP contribution in [0, 0.1) is 0 Å². The molecule has 1 atom stereocenters. The number of carbonyl (C=O) groups is 1. The van der Waals surface area contributed by atoms with Crippen LogP contribution in [-0.2, 0) is 16.0 Å². The van der Waals surface area contributed by atoms with Crippen molar-refractivity contribution in [2.45, 2.75) is 31.8 Å². The number of aryl methyl sites for hydroxylation is 1. The van der Waals surface area contributed by atoms with Crippen LogP contribution in [0.5, 0.6) is 0 Å². The van der Waals surface area contributed by atoms with Gasteiger partial charge < -0.3 is 4.74 Å². The van der Waals surface area contributed by atoms with Gasteiger partial charge in [0.15, 0.2) is 0 Å². The van der Waals surface area contributed by atoms with Crippen LogP contribution in [0.1, 0.15) is 24.8 Å². The van der Waals surface area contributed by atoms with E-state index in [0.29, 0.717) is 6.42 Å². The first-order valence-electron chi connectivity index (χ1n) is 6.08. The lowest BCUT2D eigenvalue weighted by atomic mass is 10.1. The Labute approximate surface area is 115 Å². The van der Waals surface area contributed by atoms with E-state index < -0.39 is 0 Å². The van der Waals surface area contributed by atoms with Crippen LogP contribution in [0.15, 0.2) is 46.6 Å². The van der Waals surface area contributed by atoms with Gasteiger partial charge in [0.25, 0.3) is 0 Å². The summed E-state index contributed by atoms with van der Waals surface area (Å²) in [4.78, 5) is 10.9. The molecule has 1 aliphatic heterocycles. The number of ether oxygens (including phenoxy) is 1. The minimum atomic E-state index is -0.113. The third kappa shape index (κ3) is 4.17. The molecule has 0 amide bonds. The summed E-state index contributed by atoms with van der Waals surface area (Å²) < 4.78 is 6.09. The molecule has 0 radical (unpaired) electrons. The summed E-state index contributed by atoms with van der Waals surface area (Å²) in [7, 11) is 0. The van der Waals surface area contributed by atoms with Crippen LogP contribution >= 0.6 is 15.9 Å². The van der Waals surface area contributed by atoms with E-state index in [1.165, 1.54) is 5.56 Å². The van der Waals surface area contributed by atoms with Crippen LogP contribution in [-0.4, -0.2) is 12.1 Å². The molecule has 0 bridgehead atoms. The summed E-state index contributed by atoms with van der Waals surface area (Å²) in [6.45, 7) is 0. The summed E-state index contributed by atoms with van der Waals surface area (Å²) in [5, 5.41) is 0. The molecule has 1 heterocycles. The Bertz CT molecular complexity index is 473. The second kappa shape index (κ2) is 6.58. The molecule has 3 heteroatoms. The van der Waals surface area contributed by atoms with E-state index in [1.807, 2.05) is 24.3 Å². The highest BCUT2D eigenvalue weighted by Gasteiger charge is 2.20. The molecular formula is C15H15BrO2. The van der Waals surface area contributed by atoms with Gasteiger partial charge in [0, 0.05) is 10.9 Å². The lowest BCUT2D eigenvalue weighted by Crippen LogP contribution is -2.01. The van der Waals surface area contributed by atoms with Gasteiger partial charge in [-0.15, -0.1) is 5.73 Å². The third-order valence-corrected chi connectivity index (χ3v) is 3.44. The molecule has 0 aromatic heterocycles. The summed E-state index contributed by atoms with van der Waals surface area (Å²) in [6.07, 6.45) is 4.91. The highest BCUT2D eigenvalue weighted by atomic mass is 79.9. The first-order chi connectivity index (χ1) is 8.74. The summed E-state index contributed by atoms with van der Waals surface area (Å²) in [6, 6.07) is 10.3. The number of carbonyl (C=O) groups excluding carboxylic acids is 1. The van der Waals surface area contributed by atoms with Crippen molar-refractivity contribution < 1.29 is 9.53 Å². The van der Waals surface area contributed by atoms with Crippen molar-refractivity contribution in [2.75, 3.05) is 0 Å². The summed E-state index contributed by atoms with van der Waals surface area (Å²) >= 11 is 3.49. The third-order valence-electron chi connectivity index (χ3n) is 2.82. The van der Waals surface area contributed by atoms with Crippen LogP contribution in [0.3, 0.4) is 0 Å². The fraction of sp³-hybridized carbons (Fsp3) is 0.333. The molecule has 1 aromatic rings. The van der Waals surface area contributed by atoms with Crippen LogP contribution in [0.4, 0.5) is 0 Å². The number of hydrogen-bond donors (Lipinski definition) is 0. The normalized spacial score (nSPS) is 18.1. The molecule has 2 nitrogen and oxygen atoms in total. The van der Waals surface area contributed by atoms with Gasteiger partial charge in [-0.05, 0) is 46.8 Å². The largest absolute Gasteiger partial charge is 0.457 e. The predicted octanol–water partition coefficient (Wildman–Crippen LogP) is 3.76. The Morgan fingerprint density at radius 3 is 2.89 bits per heavy atom. The molecule has 0 spiro atoms. The van der Waals surface area contributed by atoms with Crippen molar-refractivity contribution in [1.82, 2.24) is 0 Å². The van der Waals surface area contributed by atoms with Crippen LogP contribution < -0.4 is 0 Å². The van der Waals surface area contributed by atoms with Gasteiger partial charge in [-0.1, -0.05) is 30.3 Å². The molecule has 0 unspecified atom stereocenters. The van der Waals surface area contributed by atoms with E-state index in [-0.39, 0.29) is 12.1 Å². The number of rotatable bonds is 4. The van der Waals surface area contributed by atoms with Gasteiger partial charge in [-0.3, -0.25) is 4.79 Å².